The van der Waals surface area contributed by atoms with E-state index in [1.165, 1.54) is 36.3 Å². The second kappa shape index (κ2) is 5.49. The van der Waals surface area contributed by atoms with Crippen molar-refractivity contribution >= 4 is 5.69 Å². The molecule has 2 aliphatic heterocycles. The predicted octanol–water partition coefficient (Wildman–Crippen LogP) is 2.47. The summed E-state index contributed by atoms with van der Waals surface area (Å²) in [4.78, 5) is 7.03. The number of hydrogen-bond acceptors (Lipinski definition) is 3. The van der Waals surface area contributed by atoms with Gasteiger partial charge in [0, 0.05) is 25.3 Å². The first-order chi connectivity index (χ1) is 10.4. The molecule has 4 rings (SSSR count). The van der Waals surface area contributed by atoms with E-state index in [0.29, 0.717) is 6.04 Å². The molecule has 2 atom stereocenters. The third-order valence-electron chi connectivity index (χ3n) is 4.68. The van der Waals surface area contributed by atoms with Crippen molar-refractivity contribution in [3.63, 3.8) is 0 Å². The summed E-state index contributed by atoms with van der Waals surface area (Å²) in [6.45, 7) is 3.46. The first-order valence-corrected chi connectivity index (χ1v) is 7.84. The van der Waals surface area contributed by atoms with Gasteiger partial charge < -0.3 is 10.2 Å². The molecule has 1 N–H and O–H groups in total. The van der Waals surface area contributed by atoms with Crippen molar-refractivity contribution in [2.24, 2.45) is 5.92 Å². The van der Waals surface area contributed by atoms with Crippen LogP contribution in [-0.4, -0.2) is 30.7 Å². The van der Waals surface area contributed by atoms with Crippen LogP contribution in [0, 0.1) is 5.92 Å². The van der Waals surface area contributed by atoms with Crippen molar-refractivity contribution in [1.29, 1.82) is 0 Å². The predicted molar refractivity (Wildman–Crippen MR) is 85.6 cm³/mol. The third kappa shape index (κ3) is 2.66. The molecule has 0 aliphatic carbocycles. The fraction of sp³-hybridized carbons (Fsp3) is 0.389. The molecule has 2 aliphatic rings. The van der Waals surface area contributed by atoms with Gasteiger partial charge in [-0.2, -0.15) is 0 Å². The highest BCUT2D eigenvalue weighted by molar-refractivity contribution is 5.49. The summed E-state index contributed by atoms with van der Waals surface area (Å²) in [5, 5.41) is 3.54. The Morgan fingerprint density at radius 1 is 1.10 bits per heavy atom. The van der Waals surface area contributed by atoms with E-state index in [0.717, 1.165) is 18.9 Å². The number of anilines is 1. The number of benzene rings is 1. The Morgan fingerprint density at radius 3 is 2.86 bits per heavy atom. The summed E-state index contributed by atoms with van der Waals surface area (Å²) in [5.74, 6) is 0.807. The Hall–Kier alpha value is -1.87. The molecule has 3 heterocycles. The van der Waals surface area contributed by atoms with Gasteiger partial charge in [-0.1, -0.05) is 30.3 Å². The summed E-state index contributed by atoms with van der Waals surface area (Å²) in [5.41, 5.74) is 3.94. The zero-order chi connectivity index (χ0) is 14.1. The van der Waals surface area contributed by atoms with E-state index in [1.54, 1.807) is 0 Å². The third-order valence-corrected chi connectivity index (χ3v) is 4.68. The van der Waals surface area contributed by atoms with E-state index in [-0.39, 0.29) is 0 Å². The second-order valence-corrected chi connectivity index (χ2v) is 6.28. The Balaban J connectivity index is 1.56. The highest BCUT2D eigenvalue weighted by Crippen LogP contribution is 2.31. The topological polar surface area (TPSA) is 28.2 Å². The van der Waals surface area contributed by atoms with Gasteiger partial charge in [0.2, 0.25) is 0 Å². The molecular weight excluding hydrogens is 258 g/mol. The number of pyridine rings is 1. The quantitative estimate of drug-likeness (QED) is 0.935. The van der Waals surface area contributed by atoms with Gasteiger partial charge in [-0.05, 0) is 42.5 Å². The highest BCUT2D eigenvalue weighted by Gasteiger charge is 2.35. The fourth-order valence-electron chi connectivity index (χ4n) is 3.68. The van der Waals surface area contributed by atoms with Gasteiger partial charge in [0.1, 0.15) is 0 Å². The molecule has 1 aromatic carbocycles. The van der Waals surface area contributed by atoms with Gasteiger partial charge in [-0.15, -0.1) is 0 Å². The van der Waals surface area contributed by atoms with Crippen molar-refractivity contribution in [1.82, 2.24) is 10.3 Å². The lowest BCUT2D eigenvalue weighted by molar-refractivity contribution is 0.434. The van der Waals surface area contributed by atoms with Crippen molar-refractivity contribution in [3.8, 4) is 0 Å². The molecule has 108 valence electrons. The van der Waals surface area contributed by atoms with Gasteiger partial charge in [-0.3, -0.25) is 4.98 Å². The van der Waals surface area contributed by atoms with Crippen molar-refractivity contribution in [2.45, 2.75) is 18.9 Å². The minimum atomic E-state index is 0.650. The normalized spacial score (nSPS) is 24.3. The van der Waals surface area contributed by atoms with Gasteiger partial charge in [0.15, 0.2) is 0 Å². The molecule has 2 unspecified atom stereocenters. The number of piperidine rings is 1. The average molecular weight is 279 g/mol. The zero-order valence-electron chi connectivity index (χ0n) is 12.2. The first kappa shape index (κ1) is 12.8. The molecule has 0 radical (unpaired) electrons. The van der Waals surface area contributed by atoms with Crippen LogP contribution in [0.2, 0.25) is 0 Å². The van der Waals surface area contributed by atoms with E-state index in [1.807, 2.05) is 12.4 Å². The van der Waals surface area contributed by atoms with Crippen molar-refractivity contribution in [2.75, 3.05) is 24.5 Å². The molecule has 0 saturated carbocycles. The van der Waals surface area contributed by atoms with E-state index in [4.69, 9.17) is 0 Å². The second-order valence-electron chi connectivity index (χ2n) is 6.28. The number of fused-ring (bicyclic) bond motifs is 2. The maximum absolute atomic E-state index is 4.48. The number of aromatic nitrogens is 1. The molecule has 3 heteroatoms. The minimum Gasteiger partial charge on any atom is -0.366 e. The monoisotopic (exact) mass is 279 g/mol. The van der Waals surface area contributed by atoms with E-state index in [2.05, 4.69) is 51.6 Å². The Kier molecular flexibility index (Phi) is 3.36. The smallest absolute Gasteiger partial charge is 0.0558 e. The molecule has 1 aromatic heterocycles. The summed E-state index contributed by atoms with van der Waals surface area (Å²) < 4.78 is 0. The van der Waals surface area contributed by atoms with Crippen LogP contribution in [0.15, 0.2) is 48.8 Å². The largest absolute Gasteiger partial charge is 0.366 e. The Bertz CT molecular complexity index is 611. The van der Waals surface area contributed by atoms with Crippen LogP contribution in [0.3, 0.4) is 0 Å². The molecule has 21 heavy (non-hydrogen) atoms. The molecule has 0 spiro atoms. The van der Waals surface area contributed by atoms with E-state index >= 15 is 0 Å². The summed E-state index contributed by atoms with van der Waals surface area (Å²) in [6.07, 6.45) is 6.31. The van der Waals surface area contributed by atoms with Crippen LogP contribution in [0.5, 0.6) is 0 Å². The van der Waals surface area contributed by atoms with Gasteiger partial charge >= 0.3 is 0 Å². The van der Waals surface area contributed by atoms with Gasteiger partial charge in [0.05, 0.1) is 11.9 Å². The standard InChI is InChI=1S/C18H21N3/c1-2-4-14(5-3-1)6-15-7-17(11-19-9-15)21-13-16-8-18(21)12-20-10-16/h1-5,7,9,11,16,18,20H,6,8,10,12-13H2. The highest BCUT2D eigenvalue weighted by atomic mass is 15.2. The maximum atomic E-state index is 4.48. The molecular formula is C18H21N3. The summed E-state index contributed by atoms with van der Waals surface area (Å²) >= 11 is 0. The van der Waals surface area contributed by atoms with Crippen molar-refractivity contribution in [3.05, 3.63) is 59.9 Å². The SMILES string of the molecule is c1ccc(Cc2cncc(N3CC4CNCC3C4)c2)cc1. The molecule has 2 saturated heterocycles. The van der Waals surface area contributed by atoms with Gasteiger partial charge in [0.25, 0.3) is 0 Å². The number of nitrogens with one attached hydrogen (secondary N) is 1. The number of nitrogens with zero attached hydrogens (tertiary/aromatic N) is 2. The Morgan fingerprint density at radius 2 is 2.00 bits per heavy atom. The minimum absolute atomic E-state index is 0.650. The molecule has 2 bridgehead atoms. The summed E-state index contributed by atoms with van der Waals surface area (Å²) in [6, 6.07) is 13.6. The van der Waals surface area contributed by atoms with Crippen LogP contribution in [0.25, 0.3) is 0 Å². The number of rotatable bonds is 3. The van der Waals surface area contributed by atoms with E-state index in [9.17, 15) is 0 Å². The molecule has 0 amide bonds. The van der Waals surface area contributed by atoms with E-state index < -0.39 is 0 Å². The lowest BCUT2D eigenvalue weighted by Gasteiger charge is -2.26. The Labute approximate surface area is 126 Å². The molecule has 2 aromatic rings. The molecule has 2 fully saturated rings. The van der Waals surface area contributed by atoms with Crippen LogP contribution in [0.1, 0.15) is 17.5 Å². The average Bonchev–Trinajstić information content (AvgIpc) is 2.83. The van der Waals surface area contributed by atoms with Crippen LogP contribution >= 0.6 is 0 Å². The molecule has 3 nitrogen and oxygen atoms in total. The fourth-order valence-corrected chi connectivity index (χ4v) is 3.68. The van der Waals surface area contributed by atoms with Gasteiger partial charge in [-0.25, -0.2) is 0 Å². The van der Waals surface area contributed by atoms with Crippen LogP contribution < -0.4 is 10.2 Å². The first-order valence-electron chi connectivity index (χ1n) is 7.84. The lowest BCUT2D eigenvalue weighted by atomic mass is 10.0. The van der Waals surface area contributed by atoms with Crippen molar-refractivity contribution < 1.29 is 0 Å². The maximum Gasteiger partial charge on any atom is 0.0558 e. The van der Waals surface area contributed by atoms with Crippen LogP contribution in [-0.2, 0) is 6.42 Å². The van der Waals surface area contributed by atoms with Crippen LogP contribution in [0.4, 0.5) is 5.69 Å². The zero-order valence-corrected chi connectivity index (χ0v) is 12.2. The summed E-state index contributed by atoms with van der Waals surface area (Å²) in [7, 11) is 0. The lowest BCUT2D eigenvalue weighted by Crippen LogP contribution is -2.39. The number of hydrogen-bond donors (Lipinski definition) is 1.